The van der Waals surface area contributed by atoms with Crippen LogP contribution in [-0.4, -0.2) is 29.3 Å². The van der Waals surface area contributed by atoms with Gasteiger partial charge in [0, 0.05) is 5.33 Å². The van der Waals surface area contributed by atoms with Gasteiger partial charge in [-0.15, -0.1) is 6.58 Å². The molecule has 0 amide bonds. The molecule has 0 aromatic heterocycles. The van der Waals surface area contributed by atoms with E-state index in [2.05, 4.69) is 27.5 Å². The zero-order chi connectivity index (χ0) is 10.1. The Bertz CT molecular complexity index is 204. The lowest BCUT2D eigenvalue weighted by Gasteiger charge is -1.99. The van der Waals surface area contributed by atoms with E-state index in [4.69, 9.17) is 5.11 Å². The summed E-state index contributed by atoms with van der Waals surface area (Å²) in [5.41, 5.74) is 0. The van der Waals surface area contributed by atoms with Gasteiger partial charge in [-0.1, -0.05) is 22.0 Å². The molecule has 0 aromatic rings. The molecule has 1 unspecified atom stereocenters. The van der Waals surface area contributed by atoms with E-state index in [1.807, 2.05) is 0 Å². The summed E-state index contributed by atoms with van der Waals surface area (Å²) >= 11 is 3.08. The van der Waals surface area contributed by atoms with Gasteiger partial charge < -0.3 is 5.11 Å². The van der Waals surface area contributed by atoms with Crippen LogP contribution in [0.15, 0.2) is 29.6 Å². The lowest BCUT2D eigenvalue weighted by Crippen LogP contribution is -2.11. The van der Waals surface area contributed by atoms with Gasteiger partial charge in [-0.25, -0.2) is 4.39 Å². The van der Waals surface area contributed by atoms with Crippen molar-refractivity contribution in [3.63, 3.8) is 0 Å². The maximum Gasteiger partial charge on any atom is 0.137 e. The maximum atomic E-state index is 12.7. The van der Waals surface area contributed by atoms with Gasteiger partial charge in [-0.05, 0) is 12.5 Å². The average Bonchev–Trinajstić information content (AvgIpc) is 2.14. The molecule has 0 rings (SSSR count). The molecule has 0 aromatic carbocycles. The summed E-state index contributed by atoms with van der Waals surface area (Å²) < 4.78 is 12.7. The molecule has 0 aliphatic rings. The molecule has 2 nitrogen and oxygen atoms in total. The van der Waals surface area contributed by atoms with Crippen LogP contribution in [0.4, 0.5) is 4.39 Å². The van der Waals surface area contributed by atoms with E-state index in [1.165, 1.54) is 6.08 Å². The van der Waals surface area contributed by atoms with E-state index in [9.17, 15) is 4.39 Å². The number of aliphatic imine (C=N–C) groups is 1. The van der Waals surface area contributed by atoms with Gasteiger partial charge in [0.25, 0.3) is 0 Å². The van der Waals surface area contributed by atoms with Crippen molar-refractivity contribution in [1.82, 2.24) is 0 Å². The van der Waals surface area contributed by atoms with Crippen molar-refractivity contribution in [2.24, 2.45) is 4.99 Å². The first-order valence-electron chi connectivity index (χ1n) is 3.91. The van der Waals surface area contributed by atoms with Gasteiger partial charge in [-0.2, -0.15) is 0 Å². The minimum absolute atomic E-state index is 0.209. The number of hydrogen-bond acceptors (Lipinski definition) is 2. The minimum Gasteiger partial charge on any atom is -0.390 e. The van der Waals surface area contributed by atoms with Crippen LogP contribution in [0.2, 0.25) is 0 Å². The van der Waals surface area contributed by atoms with E-state index in [1.54, 1.807) is 6.08 Å². The van der Waals surface area contributed by atoms with E-state index in [-0.39, 0.29) is 6.54 Å². The fourth-order valence-electron chi connectivity index (χ4n) is 0.559. The molecular weight excluding hydrogens is 237 g/mol. The van der Waals surface area contributed by atoms with Crippen LogP contribution in [0.25, 0.3) is 0 Å². The van der Waals surface area contributed by atoms with Gasteiger partial charge in [-0.3, -0.25) is 4.99 Å². The highest BCUT2D eigenvalue weighted by Gasteiger charge is 1.97. The topological polar surface area (TPSA) is 32.6 Å². The highest BCUT2D eigenvalue weighted by molar-refractivity contribution is 9.09. The summed E-state index contributed by atoms with van der Waals surface area (Å²) in [6.07, 6.45) is 4.01. The van der Waals surface area contributed by atoms with Crippen LogP contribution in [0.5, 0.6) is 0 Å². The summed E-state index contributed by atoms with van der Waals surface area (Å²) in [5.74, 6) is -0.401. The zero-order valence-electron chi connectivity index (χ0n) is 7.29. The normalized spacial score (nSPS) is 14.8. The highest BCUT2D eigenvalue weighted by Crippen LogP contribution is 1.96. The molecule has 0 bridgehead atoms. The quantitative estimate of drug-likeness (QED) is 0.437. The predicted octanol–water partition coefficient (Wildman–Crippen LogP) is 2.24. The first-order chi connectivity index (χ1) is 6.20. The lowest BCUT2D eigenvalue weighted by atomic mass is 10.3. The van der Waals surface area contributed by atoms with Crippen molar-refractivity contribution in [3.05, 3.63) is 24.6 Å². The van der Waals surface area contributed by atoms with Crippen LogP contribution in [0, 0.1) is 0 Å². The lowest BCUT2D eigenvalue weighted by molar-refractivity contribution is 0.210. The third-order valence-electron chi connectivity index (χ3n) is 1.19. The largest absolute Gasteiger partial charge is 0.390 e. The summed E-state index contributed by atoms with van der Waals surface area (Å²) in [4.78, 5) is 3.71. The van der Waals surface area contributed by atoms with Crippen molar-refractivity contribution < 1.29 is 9.50 Å². The van der Waals surface area contributed by atoms with E-state index < -0.39 is 11.9 Å². The third kappa shape index (κ3) is 7.87. The predicted molar refractivity (Wildman–Crippen MR) is 57.2 cm³/mol. The first-order valence-corrected chi connectivity index (χ1v) is 5.03. The number of hydrogen-bond donors (Lipinski definition) is 1. The van der Waals surface area contributed by atoms with Crippen LogP contribution in [-0.2, 0) is 0 Å². The van der Waals surface area contributed by atoms with Gasteiger partial charge >= 0.3 is 0 Å². The van der Waals surface area contributed by atoms with E-state index in [0.29, 0.717) is 11.8 Å². The number of aliphatic hydroxyl groups is 1. The van der Waals surface area contributed by atoms with Crippen LogP contribution in [0.1, 0.15) is 6.42 Å². The highest BCUT2D eigenvalue weighted by atomic mass is 79.9. The molecule has 1 N–H and O–H groups in total. The van der Waals surface area contributed by atoms with Crippen molar-refractivity contribution in [2.75, 3.05) is 11.9 Å². The molecule has 0 radical (unpaired) electrons. The Hall–Kier alpha value is -0.480. The minimum atomic E-state index is -0.552. The molecule has 0 fully saturated rings. The number of allylic oxidation sites excluding steroid dienone is 3. The zero-order valence-corrected chi connectivity index (χ0v) is 8.87. The Morgan fingerprint density at radius 3 is 2.92 bits per heavy atom. The van der Waals surface area contributed by atoms with E-state index in [0.717, 1.165) is 6.21 Å². The number of aliphatic hydroxyl groups excluding tert-OH is 1. The molecular formula is C9H13BrFNO. The summed E-state index contributed by atoms with van der Waals surface area (Å²) in [5, 5.41) is 9.47. The number of alkyl halides is 1. The summed E-state index contributed by atoms with van der Waals surface area (Å²) in [6.45, 7) is 3.66. The second-order valence-electron chi connectivity index (χ2n) is 2.42. The molecule has 0 saturated carbocycles. The molecule has 0 aliphatic carbocycles. The SMILES string of the molecule is C=CCC=C(F)C=NCC(O)CBr. The second-order valence-corrected chi connectivity index (χ2v) is 3.06. The molecule has 1 atom stereocenters. The average molecular weight is 250 g/mol. The van der Waals surface area contributed by atoms with Crippen LogP contribution >= 0.6 is 15.9 Å². The summed E-state index contributed by atoms with van der Waals surface area (Å²) in [6, 6.07) is 0. The van der Waals surface area contributed by atoms with Crippen LogP contribution < -0.4 is 0 Å². The Labute approximate surface area is 86.0 Å². The van der Waals surface area contributed by atoms with Crippen molar-refractivity contribution in [2.45, 2.75) is 12.5 Å². The fourth-order valence-corrected chi connectivity index (χ4v) is 0.764. The molecule has 74 valence electrons. The molecule has 0 aliphatic heterocycles. The van der Waals surface area contributed by atoms with Crippen LogP contribution in [0.3, 0.4) is 0 Å². The molecule has 0 spiro atoms. The molecule has 0 saturated heterocycles. The van der Waals surface area contributed by atoms with Gasteiger partial charge in [0.15, 0.2) is 0 Å². The van der Waals surface area contributed by atoms with Crippen molar-refractivity contribution in [1.29, 1.82) is 0 Å². The summed E-state index contributed by atoms with van der Waals surface area (Å²) in [7, 11) is 0. The van der Waals surface area contributed by atoms with E-state index >= 15 is 0 Å². The Morgan fingerprint density at radius 1 is 1.69 bits per heavy atom. The second kappa shape index (κ2) is 8.13. The number of nitrogens with zero attached hydrogens (tertiary/aromatic N) is 1. The molecule has 13 heavy (non-hydrogen) atoms. The maximum absolute atomic E-state index is 12.7. The van der Waals surface area contributed by atoms with Crippen molar-refractivity contribution >= 4 is 22.1 Å². The number of halogens is 2. The fraction of sp³-hybridized carbons (Fsp3) is 0.444. The van der Waals surface area contributed by atoms with Gasteiger partial charge in [0.2, 0.25) is 0 Å². The van der Waals surface area contributed by atoms with Gasteiger partial charge in [0.05, 0.1) is 18.9 Å². The molecule has 4 heteroatoms. The first kappa shape index (κ1) is 12.5. The monoisotopic (exact) mass is 249 g/mol. The van der Waals surface area contributed by atoms with Gasteiger partial charge in [0.1, 0.15) is 5.83 Å². The Balaban J connectivity index is 3.76. The smallest absolute Gasteiger partial charge is 0.137 e. The Kier molecular flexibility index (Phi) is 7.83. The Morgan fingerprint density at radius 2 is 2.38 bits per heavy atom. The standard InChI is InChI=1S/C9H13BrFNO/c1-2-3-4-8(11)6-12-7-9(13)5-10/h2,4,6,9,13H,1,3,5,7H2. The third-order valence-corrected chi connectivity index (χ3v) is 1.94. The molecule has 0 heterocycles. The number of rotatable bonds is 6. The van der Waals surface area contributed by atoms with Crippen molar-refractivity contribution in [3.8, 4) is 0 Å².